The molecule has 0 aromatic heterocycles. The monoisotopic (exact) mass is 198 g/mol. The van der Waals surface area contributed by atoms with Crippen molar-refractivity contribution in [3.05, 3.63) is 0 Å². The van der Waals surface area contributed by atoms with Crippen molar-refractivity contribution >= 4 is 22.0 Å². The zero-order valence-corrected chi connectivity index (χ0v) is 8.33. The number of nitrogens with one attached hydrogen (secondary N) is 1. The van der Waals surface area contributed by atoms with Crippen LogP contribution in [0, 0.1) is 0 Å². The summed E-state index contributed by atoms with van der Waals surface area (Å²) in [5.74, 6) is 1.74. The maximum Gasteiger partial charge on any atom is 0.274 e. The van der Waals surface area contributed by atoms with Gasteiger partial charge in [-0.1, -0.05) is 6.92 Å². The van der Waals surface area contributed by atoms with Crippen LogP contribution in [-0.4, -0.2) is 26.0 Å². The molecule has 0 spiro atoms. The quantitative estimate of drug-likeness (QED) is 0.649. The lowest BCUT2D eigenvalue weighted by Crippen LogP contribution is -2.38. The molecule has 3 N–H and O–H groups in total. The number of thioether (sulfide) groups is 1. The zero-order valence-electron chi connectivity index (χ0n) is 6.70. The van der Waals surface area contributed by atoms with Gasteiger partial charge in [0.15, 0.2) is 0 Å². The van der Waals surface area contributed by atoms with Gasteiger partial charge in [-0.2, -0.15) is 24.9 Å². The van der Waals surface area contributed by atoms with E-state index in [4.69, 9.17) is 5.14 Å². The van der Waals surface area contributed by atoms with Gasteiger partial charge in [-0.15, -0.1) is 0 Å². The Morgan fingerprint density at radius 3 is 2.55 bits per heavy atom. The van der Waals surface area contributed by atoms with Crippen LogP contribution in [0.25, 0.3) is 0 Å². The Labute approximate surface area is 72.1 Å². The molecule has 0 saturated carbocycles. The van der Waals surface area contributed by atoms with Gasteiger partial charge >= 0.3 is 0 Å². The van der Waals surface area contributed by atoms with Gasteiger partial charge < -0.3 is 0 Å². The molecule has 1 atom stereocenters. The molecule has 0 heterocycles. The van der Waals surface area contributed by atoms with Crippen LogP contribution in [0.1, 0.15) is 13.8 Å². The van der Waals surface area contributed by atoms with Crippen LogP contribution < -0.4 is 9.86 Å². The average Bonchev–Trinajstić information content (AvgIpc) is 1.79. The first kappa shape index (κ1) is 11.2. The Balaban J connectivity index is 3.61. The third-order valence-corrected chi connectivity index (χ3v) is 2.81. The first-order chi connectivity index (χ1) is 4.95. The van der Waals surface area contributed by atoms with Crippen LogP contribution in [-0.2, 0) is 10.2 Å². The minimum Gasteiger partial charge on any atom is -0.216 e. The third kappa shape index (κ3) is 8.12. The van der Waals surface area contributed by atoms with Crippen LogP contribution in [0.3, 0.4) is 0 Å². The molecular formula is C5H14N2O2S2. The maximum atomic E-state index is 10.5. The first-order valence-corrected chi connectivity index (χ1v) is 6.03. The van der Waals surface area contributed by atoms with Gasteiger partial charge in [0.2, 0.25) is 0 Å². The molecule has 0 radical (unpaired) electrons. The summed E-state index contributed by atoms with van der Waals surface area (Å²) in [7, 11) is -3.52. The summed E-state index contributed by atoms with van der Waals surface area (Å²) in [6.45, 7) is 3.81. The molecule has 0 aliphatic rings. The maximum absolute atomic E-state index is 10.5. The average molecular weight is 198 g/mol. The van der Waals surface area contributed by atoms with E-state index < -0.39 is 10.2 Å². The molecule has 68 valence electrons. The van der Waals surface area contributed by atoms with Crippen LogP contribution in [0.15, 0.2) is 0 Å². The van der Waals surface area contributed by atoms with Gasteiger partial charge in [0.1, 0.15) is 0 Å². The lowest BCUT2D eigenvalue weighted by molar-refractivity contribution is 0.573. The molecule has 6 heteroatoms. The SMILES string of the molecule is CCSCC(C)NS(N)(=O)=O. The second-order valence-corrected chi connectivity index (χ2v) is 4.87. The second-order valence-electron chi connectivity index (χ2n) is 2.22. The van der Waals surface area contributed by atoms with Crippen molar-refractivity contribution in [3.63, 3.8) is 0 Å². The Bertz CT molecular complexity index is 191. The summed E-state index contributed by atoms with van der Waals surface area (Å²) < 4.78 is 23.2. The fourth-order valence-electron chi connectivity index (χ4n) is 0.609. The smallest absolute Gasteiger partial charge is 0.216 e. The summed E-state index contributed by atoms with van der Waals surface area (Å²) in [6, 6.07) is -0.0880. The van der Waals surface area contributed by atoms with Gasteiger partial charge in [0.25, 0.3) is 10.2 Å². The predicted molar refractivity (Wildman–Crippen MR) is 48.7 cm³/mol. The molecule has 0 aliphatic heterocycles. The molecule has 0 aromatic carbocycles. The van der Waals surface area contributed by atoms with Crippen molar-refractivity contribution < 1.29 is 8.42 Å². The third-order valence-electron chi connectivity index (χ3n) is 0.937. The van der Waals surface area contributed by atoms with Crippen LogP contribution in [0.4, 0.5) is 0 Å². The molecule has 0 amide bonds. The van der Waals surface area contributed by atoms with Crippen LogP contribution >= 0.6 is 11.8 Å². The molecule has 0 bridgehead atoms. The van der Waals surface area contributed by atoms with Gasteiger partial charge in [-0.3, -0.25) is 0 Å². The molecule has 0 aliphatic carbocycles. The highest BCUT2D eigenvalue weighted by Gasteiger charge is 2.07. The number of nitrogens with two attached hydrogens (primary N) is 1. The summed E-state index contributed by atoms with van der Waals surface area (Å²) in [5.41, 5.74) is 0. The van der Waals surface area contributed by atoms with Crippen LogP contribution in [0.2, 0.25) is 0 Å². The second kappa shape index (κ2) is 4.97. The fraction of sp³-hybridized carbons (Fsp3) is 1.00. The minimum absolute atomic E-state index is 0.0880. The molecule has 1 unspecified atom stereocenters. The Hall–Kier alpha value is 0.220. The predicted octanol–water partition coefficient (Wildman–Crippen LogP) is -0.0789. The van der Waals surface area contributed by atoms with Crippen LogP contribution in [0.5, 0.6) is 0 Å². The highest BCUT2D eigenvalue weighted by Crippen LogP contribution is 2.01. The lowest BCUT2D eigenvalue weighted by atomic mass is 10.4. The van der Waals surface area contributed by atoms with Crippen molar-refractivity contribution in [3.8, 4) is 0 Å². The zero-order chi connectivity index (χ0) is 8.91. The highest BCUT2D eigenvalue weighted by molar-refractivity contribution is 7.99. The largest absolute Gasteiger partial charge is 0.274 e. The topological polar surface area (TPSA) is 72.2 Å². The van der Waals surface area contributed by atoms with E-state index in [0.717, 1.165) is 11.5 Å². The number of hydrogen-bond acceptors (Lipinski definition) is 3. The van der Waals surface area contributed by atoms with Crippen molar-refractivity contribution in [1.29, 1.82) is 0 Å². The number of hydrogen-bond donors (Lipinski definition) is 2. The summed E-state index contributed by atoms with van der Waals surface area (Å²) in [6.07, 6.45) is 0. The molecule has 0 rings (SSSR count). The summed E-state index contributed by atoms with van der Waals surface area (Å²) >= 11 is 1.67. The molecule has 11 heavy (non-hydrogen) atoms. The van der Waals surface area contributed by atoms with Gasteiger partial charge in [-0.25, -0.2) is 5.14 Å². The summed E-state index contributed by atoms with van der Waals surface area (Å²) in [4.78, 5) is 0. The number of rotatable bonds is 5. The van der Waals surface area contributed by atoms with E-state index >= 15 is 0 Å². The summed E-state index contributed by atoms with van der Waals surface area (Å²) in [5, 5.41) is 4.76. The highest BCUT2D eigenvalue weighted by atomic mass is 32.2. The fourth-order valence-corrected chi connectivity index (χ4v) is 2.03. The Kier molecular flexibility index (Phi) is 5.07. The lowest BCUT2D eigenvalue weighted by Gasteiger charge is -2.09. The Morgan fingerprint density at radius 2 is 2.18 bits per heavy atom. The molecule has 0 aromatic rings. The minimum atomic E-state index is -3.52. The standard InChI is InChI=1S/C5H14N2O2S2/c1-3-10-4-5(2)7-11(6,8)9/h5,7H,3-4H2,1-2H3,(H2,6,8,9). The molecule has 0 saturated heterocycles. The molecular weight excluding hydrogens is 184 g/mol. The van der Waals surface area contributed by atoms with Gasteiger partial charge in [-0.05, 0) is 12.7 Å². The van der Waals surface area contributed by atoms with E-state index in [-0.39, 0.29) is 6.04 Å². The molecule has 0 fully saturated rings. The van der Waals surface area contributed by atoms with E-state index in [2.05, 4.69) is 4.72 Å². The first-order valence-electron chi connectivity index (χ1n) is 3.33. The van der Waals surface area contributed by atoms with Gasteiger partial charge in [0.05, 0.1) is 0 Å². The molecule has 4 nitrogen and oxygen atoms in total. The van der Waals surface area contributed by atoms with E-state index in [1.165, 1.54) is 0 Å². The van der Waals surface area contributed by atoms with E-state index in [9.17, 15) is 8.42 Å². The van der Waals surface area contributed by atoms with E-state index in [0.29, 0.717) is 0 Å². The van der Waals surface area contributed by atoms with E-state index in [1.54, 1.807) is 18.7 Å². The van der Waals surface area contributed by atoms with E-state index in [1.807, 2.05) is 6.92 Å². The normalized spacial score (nSPS) is 14.8. The van der Waals surface area contributed by atoms with Crippen molar-refractivity contribution in [2.75, 3.05) is 11.5 Å². The Morgan fingerprint density at radius 1 is 1.64 bits per heavy atom. The van der Waals surface area contributed by atoms with Crippen molar-refractivity contribution in [1.82, 2.24) is 4.72 Å². The van der Waals surface area contributed by atoms with Gasteiger partial charge in [0, 0.05) is 11.8 Å². The van der Waals surface area contributed by atoms with Crippen molar-refractivity contribution in [2.45, 2.75) is 19.9 Å². The van der Waals surface area contributed by atoms with Crippen molar-refractivity contribution in [2.24, 2.45) is 5.14 Å².